The topological polar surface area (TPSA) is 55.4 Å². The first kappa shape index (κ1) is 18.2. The predicted octanol–water partition coefficient (Wildman–Crippen LogP) is 3.71. The van der Waals surface area contributed by atoms with Crippen molar-refractivity contribution in [2.24, 2.45) is 0 Å². The molecule has 122 valence electrons. The molecule has 0 heterocycles. The largest absolute Gasteiger partial charge is 0.467 e. The Hall–Kier alpha value is -1.84. The van der Waals surface area contributed by atoms with Gasteiger partial charge in [0, 0.05) is 5.56 Å². The van der Waals surface area contributed by atoms with E-state index in [2.05, 4.69) is 12.2 Å². The first-order valence-electron chi connectivity index (χ1n) is 8.12. The Labute approximate surface area is 133 Å². The quantitative estimate of drug-likeness (QED) is 0.529. The molecule has 0 unspecified atom stereocenters. The monoisotopic (exact) mass is 305 g/mol. The van der Waals surface area contributed by atoms with Crippen LogP contribution in [0.3, 0.4) is 0 Å². The molecule has 0 bridgehead atoms. The van der Waals surface area contributed by atoms with E-state index in [4.69, 9.17) is 4.74 Å². The first-order valence-corrected chi connectivity index (χ1v) is 8.12. The molecule has 22 heavy (non-hydrogen) atoms. The van der Waals surface area contributed by atoms with Crippen LogP contribution in [0.25, 0.3) is 0 Å². The van der Waals surface area contributed by atoms with E-state index >= 15 is 0 Å². The molecule has 0 spiro atoms. The smallest absolute Gasteiger partial charge is 0.328 e. The Bertz CT molecular complexity index is 445. The van der Waals surface area contributed by atoms with Crippen molar-refractivity contribution in [2.45, 2.75) is 57.9 Å². The molecule has 0 aliphatic rings. The molecule has 1 atom stereocenters. The Kier molecular flexibility index (Phi) is 8.96. The van der Waals surface area contributed by atoms with Crippen LogP contribution in [0.5, 0.6) is 0 Å². The van der Waals surface area contributed by atoms with Crippen molar-refractivity contribution in [3.63, 3.8) is 0 Å². The van der Waals surface area contributed by atoms with Gasteiger partial charge in [-0.3, -0.25) is 4.79 Å². The van der Waals surface area contributed by atoms with Gasteiger partial charge in [-0.2, -0.15) is 0 Å². The third-order valence-corrected chi connectivity index (χ3v) is 3.67. The van der Waals surface area contributed by atoms with Crippen LogP contribution in [0.2, 0.25) is 0 Å². The third kappa shape index (κ3) is 6.74. The van der Waals surface area contributed by atoms with E-state index < -0.39 is 6.04 Å². The molecule has 4 nitrogen and oxygen atoms in total. The number of rotatable bonds is 10. The summed E-state index contributed by atoms with van der Waals surface area (Å²) >= 11 is 0. The number of carbonyl (C=O) groups excluding carboxylic acids is 2. The van der Waals surface area contributed by atoms with Gasteiger partial charge < -0.3 is 10.1 Å². The molecule has 0 aliphatic heterocycles. The minimum atomic E-state index is -0.566. The van der Waals surface area contributed by atoms with Crippen LogP contribution >= 0.6 is 0 Å². The van der Waals surface area contributed by atoms with Crippen molar-refractivity contribution >= 4 is 11.9 Å². The summed E-state index contributed by atoms with van der Waals surface area (Å²) in [4.78, 5) is 23.9. The number of amides is 1. The number of carbonyl (C=O) groups is 2. The van der Waals surface area contributed by atoms with Crippen LogP contribution in [0, 0.1) is 0 Å². The van der Waals surface area contributed by atoms with E-state index in [9.17, 15) is 9.59 Å². The normalized spacial score (nSPS) is 11.7. The van der Waals surface area contributed by atoms with Gasteiger partial charge in [-0.1, -0.05) is 63.6 Å². The Morgan fingerprint density at radius 1 is 1.05 bits per heavy atom. The van der Waals surface area contributed by atoms with Gasteiger partial charge in [0.1, 0.15) is 6.04 Å². The summed E-state index contributed by atoms with van der Waals surface area (Å²) in [5, 5.41) is 2.77. The van der Waals surface area contributed by atoms with Gasteiger partial charge in [0.15, 0.2) is 0 Å². The van der Waals surface area contributed by atoms with Crippen molar-refractivity contribution in [1.29, 1.82) is 0 Å². The number of esters is 1. The van der Waals surface area contributed by atoms with Crippen LogP contribution < -0.4 is 5.32 Å². The lowest BCUT2D eigenvalue weighted by Crippen LogP contribution is -2.41. The standard InChI is InChI=1S/C18H27NO3/c1-3-4-5-6-7-11-14-16(18(21)22-2)19-17(20)15-12-9-8-10-13-15/h8-10,12-13,16H,3-7,11,14H2,1-2H3,(H,19,20)/t16-/m0/s1. The maximum absolute atomic E-state index is 12.1. The van der Waals surface area contributed by atoms with Crippen LogP contribution in [0.15, 0.2) is 30.3 Å². The number of methoxy groups -OCH3 is 1. The lowest BCUT2D eigenvalue weighted by molar-refractivity contribution is -0.143. The third-order valence-electron chi connectivity index (χ3n) is 3.67. The number of unbranched alkanes of at least 4 members (excludes halogenated alkanes) is 5. The fourth-order valence-electron chi connectivity index (χ4n) is 2.35. The zero-order valence-corrected chi connectivity index (χ0v) is 13.6. The summed E-state index contributed by atoms with van der Waals surface area (Å²) in [6, 6.07) is 8.35. The Morgan fingerprint density at radius 3 is 2.32 bits per heavy atom. The molecule has 0 aromatic heterocycles. The summed E-state index contributed by atoms with van der Waals surface area (Å²) in [5.41, 5.74) is 0.555. The molecule has 0 aliphatic carbocycles. The summed E-state index contributed by atoms with van der Waals surface area (Å²) < 4.78 is 4.79. The fourth-order valence-corrected chi connectivity index (χ4v) is 2.35. The highest BCUT2D eigenvalue weighted by Crippen LogP contribution is 2.10. The molecule has 1 N–H and O–H groups in total. The molecule has 0 fully saturated rings. The van der Waals surface area contributed by atoms with Crippen LogP contribution in [0.4, 0.5) is 0 Å². The minimum Gasteiger partial charge on any atom is -0.467 e. The Morgan fingerprint density at radius 2 is 1.68 bits per heavy atom. The van der Waals surface area contributed by atoms with E-state index in [0.717, 1.165) is 12.8 Å². The highest BCUT2D eigenvalue weighted by molar-refractivity contribution is 5.96. The van der Waals surface area contributed by atoms with Gasteiger partial charge >= 0.3 is 5.97 Å². The van der Waals surface area contributed by atoms with Gasteiger partial charge in [-0.25, -0.2) is 4.79 Å². The van der Waals surface area contributed by atoms with Crippen molar-refractivity contribution in [2.75, 3.05) is 7.11 Å². The number of hydrogen-bond donors (Lipinski definition) is 1. The maximum atomic E-state index is 12.1. The van der Waals surface area contributed by atoms with E-state index in [0.29, 0.717) is 12.0 Å². The molecule has 0 saturated carbocycles. The molecule has 1 amide bonds. The van der Waals surface area contributed by atoms with Crippen LogP contribution in [0.1, 0.15) is 62.2 Å². The molecular weight excluding hydrogens is 278 g/mol. The van der Waals surface area contributed by atoms with E-state index in [1.165, 1.54) is 32.8 Å². The summed E-state index contributed by atoms with van der Waals surface area (Å²) in [6.45, 7) is 2.19. The van der Waals surface area contributed by atoms with E-state index in [1.807, 2.05) is 6.07 Å². The van der Waals surface area contributed by atoms with E-state index in [1.54, 1.807) is 24.3 Å². The van der Waals surface area contributed by atoms with Crippen LogP contribution in [-0.4, -0.2) is 25.0 Å². The lowest BCUT2D eigenvalue weighted by atomic mass is 10.1. The molecule has 0 saturated heterocycles. The van der Waals surface area contributed by atoms with Gasteiger partial charge in [0.2, 0.25) is 0 Å². The molecule has 1 rings (SSSR count). The van der Waals surface area contributed by atoms with Crippen LogP contribution in [-0.2, 0) is 9.53 Å². The van der Waals surface area contributed by atoms with Crippen molar-refractivity contribution in [3.05, 3.63) is 35.9 Å². The second-order valence-electron chi connectivity index (χ2n) is 5.47. The average Bonchev–Trinajstić information content (AvgIpc) is 2.56. The van der Waals surface area contributed by atoms with Crippen molar-refractivity contribution in [1.82, 2.24) is 5.32 Å². The molecule has 1 aromatic rings. The predicted molar refractivity (Wildman–Crippen MR) is 87.7 cm³/mol. The number of ether oxygens (including phenoxy) is 1. The first-order chi connectivity index (χ1) is 10.7. The second-order valence-corrected chi connectivity index (χ2v) is 5.47. The highest BCUT2D eigenvalue weighted by Gasteiger charge is 2.21. The lowest BCUT2D eigenvalue weighted by Gasteiger charge is -2.16. The molecular formula is C18H27NO3. The minimum absolute atomic E-state index is 0.234. The second kappa shape index (κ2) is 10.8. The molecule has 1 aromatic carbocycles. The summed E-state index contributed by atoms with van der Waals surface area (Å²) in [5.74, 6) is -0.611. The Balaban J connectivity index is 2.44. The van der Waals surface area contributed by atoms with Crippen molar-refractivity contribution < 1.29 is 14.3 Å². The summed E-state index contributed by atoms with van der Waals surface area (Å²) in [6.07, 6.45) is 7.50. The SMILES string of the molecule is CCCCCCCC[C@H](NC(=O)c1ccccc1)C(=O)OC. The summed E-state index contributed by atoms with van der Waals surface area (Å²) in [7, 11) is 1.35. The zero-order chi connectivity index (χ0) is 16.2. The van der Waals surface area contributed by atoms with Gasteiger partial charge in [-0.05, 0) is 18.6 Å². The van der Waals surface area contributed by atoms with E-state index in [-0.39, 0.29) is 11.9 Å². The number of hydrogen-bond acceptors (Lipinski definition) is 3. The van der Waals surface area contributed by atoms with Gasteiger partial charge in [-0.15, -0.1) is 0 Å². The highest BCUT2D eigenvalue weighted by atomic mass is 16.5. The maximum Gasteiger partial charge on any atom is 0.328 e. The fraction of sp³-hybridized carbons (Fsp3) is 0.556. The zero-order valence-electron chi connectivity index (χ0n) is 13.6. The van der Waals surface area contributed by atoms with Gasteiger partial charge in [0.05, 0.1) is 7.11 Å². The molecule has 4 heteroatoms. The number of benzene rings is 1. The number of nitrogens with one attached hydrogen (secondary N) is 1. The molecule has 0 radical (unpaired) electrons. The average molecular weight is 305 g/mol. The van der Waals surface area contributed by atoms with Crippen molar-refractivity contribution in [3.8, 4) is 0 Å². The van der Waals surface area contributed by atoms with Gasteiger partial charge in [0.25, 0.3) is 5.91 Å².